The van der Waals surface area contributed by atoms with E-state index in [4.69, 9.17) is 4.74 Å². The Morgan fingerprint density at radius 3 is 2.10 bits per heavy atom. The number of esters is 2. The molecular formula is C13H13BrF2O4. The lowest BCUT2D eigenvalue weighted by Crippen LogP contribution is -2.11. The van der Waals surface area contributed by atoms with E-state index in [1.807, 2.05) is 0 Å². The second kappa shape index (κ2) is 7.94. The van der Waals surface area contributed by atoms with Gasteiger partial charge >= 0.3 is 11.9 Å². The van der Waals surface area contributed by atoms with Crippen molar-refractivity contribution in [2.24, 2.45) is 0 Å². The molecule has 0 saturated carbocycles. The van der Waals surface area contributed by atoms with Gasteiger partial charge in [-0.2, -0.15) is 0 Å². The second-order valence-electron chi connectivity index (χ2n) is 3.81. The molecule has 0 saturated heterocycles. The third-order valence-corrected chi connectivity index (χ3v) is 2.78. The fourth-order valence-corrected chi connectivity index (χ4v) is 1.77. The van der Waals surface area contributed by atoms with Gasteiger partial charge in [0.1, 0.15) is 18.2 Å². The highest BCUT2D eigenvalue weighted by Gasteiger charge is 2.14. The first-order valence-corrected chi connectivity index (χ1v) is 6.68. The molecule has 0 amide bonds. The second-order valence-corrected chi connectivity index (χ2v) is 4.73. The summed E-state index contributed by atoms with van der Waals surface area (Å²) in [5.41, 5.74) is -0.335. The van der Waals surface area contributed by atoms with Crippen molar-refractivity contribution in [1.82, 2.24) is 0 Å². The quantitative estimate of drug-likeness (QED) is 0.739. The molecule has 0 atom stereocenters. The minimum Gasteiger partial charge on any atom is -0.466 e. The van der Waals surface area contributed by atoms with Crippen LogP contribution >= 0.6 is 15.9 Å². The lowest BCUT2D eigenvalue weighted by molar-refractivity contribution is -0.150. The molecule has 4 nitrogen and oxygen atoms in total. The maximum Gasteiger partial charge on any atom is 0.306 e. The third kappa shape index (κ3) is 5.24. The van der Waals surface area contributed by atoms with Gasteiger partial charge in [-0.15, -0.1) is 0 Å². The van der Waals surface area contributed by atoms with E-state index in [0.717, 1.165) is 12.1 Å². The maximum absolute atomic E-state index is 13.4. The molecule has 0 radical (unpaired) electrons. The van der Waals surface area contributed by atoms with Crippen molar-refractivity contribution in [3.8, 4) is 0 Å². The molecule has 20 heavy (non-hydrogen) atoms. The van der Waals surface area contributed by atoms with Crippen molar-refractivity contribution in [2.75, 3.05) is 6.61 Å². The lowest BCUT2D eigenvalue weighted by Gasteiger charge is -2.07. The molecule has 0 N–H and O–H groups in total. The molecule has 0 unspecified atom stereocenters. The predicted molar refractivity (Wildman–Crippen MR) is 69.7 cm³/mol. The topological polar surface area (TPSA) is 52.6 Å². The number of benzene rings is 1. The minimum absolute atomic E-state index is 0.127. The minimum atomic E-state index is -0.810. The van der Waals surface area contributed by atoms with E-state index in [1.165, 1.54) is 0 Å². The summed E-state index contributed by atoms with van der Waals surface area (Å²) >= 11 is 2.94. The van der Waals surface area contributed by atoms with Gasteiger partial charge in [0.05, 0.1) is 25.0 Å². The molecule has 1 aromatic rings. The Hall–Kier alpha value is -1.50. The molecule has 1 aromatic carbocycles. The number of halogens is 3. The van der Waals surface area contributed by atoms with Crippen LogP contribution < -0.4 is 0 Å². The third-order valence-electron chi connectivity index (χ3n) is 2.32. The highest BCUT2D eigenvalue weighted by molar-refractivity contribution is 9.10. The maximum atomic E-state index is 13.4. The number of rotatable bonds is 6. The Kier molecular flexibility index (Phi) is 6.57. The van der Waals surface area contributed by atoms with Crippen LogP contribution in [-0.4, -0.2) is 18.5 Å². The molecule has 1 rings (SSSR count). The monoisotopic (exact) mass is 350 g/mol. The van der Waals surface area contributed by atoms with Gasteiger partial charge in [-0.3, -0.25) is 9.59 Å². The van der Waals surface area contributed by atoms with Gasteiger partial charge in [0, 0.05) is 4.47 Å². The van der Waals surface area contributed by atoms with Crippen molar-refractivity contribution in [1.29, 1.82) is 0 Å². The van der Waals surface area contributed by atoms with Crippen LogP contribution in [0.5, 0.6) is 0 Å². The van der Waals surface area contributed by atoms with Gasteiger partial charge in [-0.05, 0) is 19.1 Å². The van der Waals surface area contributed by atoms with E-state index in [0.29, 0.717) is 0 Å². The van der Waals surface area contributed by atoms with Crippen molar-refractivity contribution < 1.29 is 27.8 Å². The molecule has 0 heterocycles. The number of carbonyl (C=O) groups is 2. The summed E-state index contributed by atoms with van der Waals surface area (Å²) in [5, 5.41) is 0. The smallest absolute Gasteiger partial charge is 0.306 e. The van der Waals surface area contributed by atoms with E-state index in [-0.39, 0.29) is 29.5 Å². The highest BCUT2D eigenvalue weighted by Crippen LogP contribution is 2.20. The van der Waals surface area contributed by atoms with Gasteiger partial charge in [0.25, 0.3) is 0 Å². The zero-order valence-electron chi connectivity index (χ0n) is 10.8. The molecule has 0 aliphatic rings. The Bertz CT molecular complexity index is 482. The summed E-state index contributed by atoms with van der Waals surface area (Å²) < 4.78 is 36.5. The summed E-state index contributed by atoms with van der Waals surface area (Å²) in [5.74, 6) is -2.87. The predicted octanol–water partition coefficient (Wildman–Crippen LogP) is 3.11. The van der Waals surface area contributed by atoms with Crippen LogP contribution in [0.4, 0.5) is 8.78 Å². The zero-order valence-corrected chi connectivity index (χ0v) is 12.3. The summed E-state index contributed by atoms with van der Waals surface area (Å²) in [4.78, 5) is 22.3. The number of ether oxygens (including phenoxy) is 2. The Morgan fingerprint density at radius 2 is 1.60 bits per heavy atom. The first kappa shape index (κ1) is 16.6. The molecule has 0 fully saturated rings. The SMILES string of the molecule is CCOC(=O)CCC(=O)OCc1c(F)cc(Br)cc1F. The van der Waals surface area contributed by atoms with Crippen LogP contribution in [0, 0.1) is 11.6 Å². The Balaban J connectivity index is 2.47. The molecule has 110 valence electrons. The van der Waals surface area contributed by atoms with Crippen LogP contribution in [-0.2, 0) is 25.7 Å². The van der Waals surface area contributed by atoms with Crippen molar-refractivity contribution >= 4 is 27.9 Å². The van der Waals surface area contributed by atoms with Crippen molar-refractivity contribution in [3.63, 3.8) is 0 Å². The van der Waals surface area contributed by atoms with Gasteiger partial charge < -0.3 is 9.47 Å². The standard InChI is InChI=1S/C13H13BrF2O4/c1-2-19-12(17)3-4-13(18)20-7-9-10(15)5-8(14)6-11(9)16/h5-6H,2-4,7H2,1H3. The van der Waals surface area contributed by atoms with Crippen molar-refractivity contribution in [2.45, 2.75) is 26.4 Å². The fraction of sp³-hybridized carbons (Fsp3) is 0.385. The van der Waals surface area contributed by atoms with Crippen LogP contribution in [0.3, 0.4) is 0 Å². The Morgan fingerprint density at radius 1 is 1.10 bits per heavy atom. The summed E-state index contributed by atoms with van der Waals surface area (Å²) in [6, 6.07) is 2.15. The first-order valence-electron chi connectivity index (χ1n) is 5.88. The number of carbonyl (C=O) groups excluding carboxylic acids is 2. The summed E-state index contributed by atoms with van der Waals surface area (Å²) in [6.07, 6.45) is -0.323. The molecule has 0 aliphatic heterocycles. The average Bonchev–Trinajstić information content (AvgIpc) is 2.35. The summed E-state index contributed by atoms with van der Waals surface area (Å²) in [7, 11) is 0. The molecule has 0 aliphatic carbocycles. The molecular weight excluding hydrogens is 338 g/mol. The highest BCUT2D eigenvalue weighted by atomic mass is 79.9. The molecule has 0 bridgehead atoms. The Labute approximate surface area is 123 Å². The van der Waals surface area contributed by atoms with Crippen LogP contribution in [0.15, 0.2) is 16.6 Å². The van der Waals surface area contributed by atoms with Crippen LogP contribution in [0.2, 0.25) is 0 Å². The van der Waals surface area contributed by atoms with Gasteiger partial charge in [-0.25, -0.2) is 8.78 Å². The van der Waals surface area contributed by atoms with Crippen molar-refractivity contribution in [3.05, 3.63) is 33.8 Å². The lowest BCUT2D eigenvalue weighted by atomic mass is 10.2. The molecule has 0 aromatic heterocycles. The van der Waals surface area contributed by atoms with E-state index < -0.39 is 30.2 Å². The molecule has 7 heteroatoms. The van der Waals surface area contributed by atoms with E-state index in [9.17, 15) is 18.4 Å². The number of hydrogen-bond acceptors (Lipinski definition) is 4. The van der Waals surface area contributed by atoms with Gasteiger partial charge in [0.15, 0.2) is 0 Å². The fourth-order valence-electron chi connectivity index (χ4n) is 1.37. The normalized spacial score (nSPS) is 10.2. The van der Waals surface area contributed by atoms with Crippen LogP contribution in [0.1, 0.15) is 25.3 Å². The van der Waals surface area contributed by atoms with E-state index >= 15 is 0 Å². The summed E-state index contributed by atoms with van der Waals surface area (Å²) in [6.45, 7) is 1.35. The van der Waals surface area contributed by atoms with Crippen LogP contribution in [0.25, 0.3) is 0 Å². The van der Waals surface area contributed by atoms with E-state index in [2.05, 4.69) is 20.7 Å². The number of hydrogen-bond donors (Lipinski definition) is 0. The first-order chi connectivity index (χ1) is 9.43. The van der Waals surface area contributed by atoms with Gasteiger partial charge in [-0.1, -0.05) is 15.9 Å². The van der Waals surface area contributed by atoms with Gasteiger partial charge in [0.2, 0.25) is 0 Å². The average molecular weight is 351 g/mol. The molecule has 0 spiro atoms. The van der Waals surface area contributed by atoms with E-state index in [1.54, 1.807) is 6.92 Å². The largest absolute Gasteiger partial charge is 0.466 e. The zero-order chi connectivity index (χ0) is 15.1.